The lowest BCUT2D eigenvalue weighted by Gasteiger charge is -2.43. The van der Waals surface area contributed by atoms with Crippen molar-refractivity contribution in [2.45, 2.75) is 109 Å². The van der Waals surface area contributed by atoms with Crippen LogP contribution in [0.15, 0.2) is 30.5 Å². The first kappa shape index (κ1) is 26.2. The van der Waals surface area contributed by atoms with Crippen LogP contribution in [-0.2, 0) is 14.2 Å². The van der Waals surface area contributed by atoms with E-state index in [-0.39, 0.29) is 41.0 Å². The van der Waals surface area contributed by atoms with Crippen LogP contribution in [0.2, 0.25) is 0 Å². The van der Waals surface area contributed by atoms with Gasteiger partial charge in [0.2, 0.25) is 0 Å². The van der Waals surface area contributed by atoms with Gasteiger partial charge in [0.25, 0.3) is 5.91 Å². The normalized spacial score (nSPS) is 34.2. The minimum atomic E-state index is -0.606. The van der Waals surface area contributed by atoms with Crippen molar-refractivity contribution in [2.24, 2.45) is 5.41 Å². The van der Waals surface area contributed by atoms with Gasteiger partial charge < -0.3 is 24.5 Å². The zero-order chi connectivity index (χ0) is 27.8. The lowest BCUT2D eigenvalue weighted by atomic mass is 9.75. The number of nitrogens with zero attached hydrogens (tertiary/aromatic N) is 2. The molecule has 5 atom stereocenters. The van der Waals surface area contributed by atoms with E-state index in [2.05, 4.69) is 61.2 Å². The fourth-order valence-electron chi connectivity index (χ4n) is 7.09. The second kappa shape index (κ2) is 8.76. The first-order valence-electron chi connectivity index (χ1n) is 14.0. The van der Waals surface area contributed by atoms with Gasteiger partial charge in [-0.05, 0) is 94.4 Å². The van der Waals surface area contributed by atoms with Crippen molar-refractivity contribution in [2.75, 3.05) is 5.32 Å². The lowest BCUT2D eigenvalue weighted by Crippen LogP contribution is -2.46. The van der Waals surface area contributed by atoms with Gasteiger partial charge >= 0.3 is 0 Å². The van der Waals surface area contributed by atoms with E-state index in [1.807, 2.05) is 26.0 Å². The Balaban J connectivity index is 1.33. The lowest BCUT2D eigenvalue weighted by molar-refractivity contribution is -0.242. The Labute approximate surface area is 230 Å². The first-order valence-corrected chi connectivity index (χ1v) is 14.0. The third-order valence-corrected chi connectivity index (χ3v) is 9.06. The molecule has 8 heteroatoms. The molecule has 3 fully saturated rings. The molecule has 0 spiro atoms. The molecule has 1 aromatic carbocycles. The van der Waals surface area contributed by atoms with E-state index in [0.29, 0.717) is 0 Å². The van der Waals surface area contributed by atoms with Gasteiger partial charge in [-0.15, -0.1) is 0 Å². The topological polar surface area (TPSA) is 109 Å². The maximum atomic E-state index is 13.0. The number of rotatable bonds is 4. The molecule has 3 aliphatic heterocycles. The van der Waals surface area contributed by atoms with Crippen molar-refractivity contribution in [1.82, 2.24) is 9.97 Å². The molecule has 1 aliphatic carbocycles. The van der Waals surface area contributed by atoms with E-state index >= 15 is 0 Å². The number of benzene rings is 1. The fraction of sp³-hybridized carbons (Fsp3) is 0.581. The highest BCUT2D eigenvalue weighted by molar-refractivity contribution is 6.03. The number of anilines is 1. The average Bonchev–Trinajstić information content (AvgIpc) is 3.52. The number of nitrogens with one attached hydrogen (secondary N) is 2. The molecule has 2 bridgehead atoms. The number of allylic oxidation sites excluding steroid dienone is 2. The zero-order valence-electron chi connectivity index (χ0n) is 23.7. The van der Waals surface area contributed by atoms with Gasteiger partial charge in [-0.3, -0.25) is 4.79 Å². The SMILES string of the molecule is CC1(C)CC=C(c2cc(C3C[C@@]4(C)O[C@@](C)(C3)C3OC(C)(C)OC34)ccc2NC(=O)c2nc(C#N)c[nH]2)CC1. The number of carbonyl (C=O) groups excluding carboxylic acids is 1. The Morgan fingerprint density at radius 2 is 1.79 bits per heavy atom. The number of aromatic amines is 1. The Hall–Kier alpha value is -2.99. The van der Waals surface area contributed by atoms with Crippen molar-refractivity contribution >= 4 is 17.2 Å². The minimum absolute atomic E-state index is 0.101. The van der Waals surface area contributed by atoms with Crippen LogP contribution in [0.3, 0.4) is 0 Å². The van der Waals surface area contributed by atoms with Gasteiger partial charge in [0, 0.05) is 17.4 Å². The number of amides is 1. The van der Waals surface area contributed by atoms with Crippen molar-refractivity contribution in [1.29, 1.82) is 5.26 Å². The largest absolute Gasteiger partial charge is 0.363 e. The fourth-order valence-corrected chi connectivity index (χ4v) is 7.09. The molecule has 0 saturated carbocycles. The molecule has 2 aromatic rings. The Morgan fingerprint density at radius 1 is 1.10 bits per heavy atom. The highest BCUT2D eigenvalue weighted by atomic mass is 16.8. The van der Waals surface area contributed by atoms with Gasteiger partial charge in [-0.1, -0.05) is 26.0 Å². The summed E-state index contributed by atoms with van der Waals surface area (Å²) >= 11 is 0. The summed E-state index contributed by atoms with van der Waals surface area (Å²) in [5.41, 5.74) is 3.87. The zero-order valence-corrected chi connectivity index (χ0v) is 23.7. The van der Waals surface area contributed by atoms with E-state index in [9.17, 15) is 4.79 Å². The standard InChI is InChI=1S/C31H38N4O4/c1-28(2)11-9-18(10-12-28)22-13-19(7-8-23(22)35-27(36)26-33-17-21(16-32)34-26)20-14-30(5)24-25(31(6,15-20)39-30)38-29(3,4)37-24/h7-9,13,17,20,24-25H,10-12,14-15H2,1-6H3,(H,33,34)(H,35,36)/t20?,24?,25?,30-,31+. The van der Waals surface area contributed by atoms with Crippen molar-refractivity contribution in [3.63, 3.8) is 0 Å². The van der Waals surface area contributed by atoms with Crippen LogP contribution in [0.5, 0.6) is 0 Å². The molecule has 6 rings (SSSR count). The van der Waals surface area contributed by atoms with Crippen LogP contribution in [-0.4, -0.2) is 45.1 Å². The number of H-pyrrole nitrogens is 1. The van der Waals surface area contributed by atoms with Crippen LogP contribution in [0.25, 0.3) is 5.57 Å². The maximum Gasteiger partial charge on any atom is 0.291 e. The number of hydrogen-bond donors (Lipinski definition) is 2. The molecular formula is C31H38N4O4. The molecule has 8 nitrogen and oxygen atoms in total. The molecule has 4 aliphatic rings. The van der Waals surface area contributed by atoms with E-state index in [0.717, 1.165) is 43.4 Å². The molecule has 3 unspecified atom stereocenters. The van der Waals surface area contributed by atoms with Crippen LogP contribution in [0, 0.1) is 16.7 Å². The minimum Gasteiger partial charge on any atom is -0.363 e. The van der Waals surface area contributed by atoms with Crippen LogP contribution in [0.1, 0.15) is 107 Å². The van der Waals surface area contributed by atoms with Gasteiger partial charge in [0.15, 0.2) is 17.3 Å². The smallest absolute Gasteiger partial charge is 0.291 e. The van der Waals surface area contributed by atoms with E-state index in [1.165, 1.54) is 17.3 Å². The number of fused-ring (bicyclic) bond motifs is 5. The van der Waals surface area contributed by atoms with Crippen molar-refractivity contribution in [3.8, 4) is 6.07 Å². The van der Waals surface area contributed by atoms with Gasteiger partial charge in [-0.25, -0.2) is 4.98 Å². The van der Waals surface area contributed by atoms with Crippen molar-refractivity contribution in [3.05, 3.63) is 53.1 Å². The number of hydrogen-bond acceptors (Lipinski definition) is 6. The quantitative estimate of drug-likeness (QED) is 0.496. The second-order valence-electron chi connectivity index (χ2n) is 13.4. The monoisotopic (exact) mass is 530 g/mol. The maximum absolute atomic E-state index is 13.0. The third-order valence-electron chi connectivity index (χ3n) is 9.06. The highest BCUT2D eigenvalue weighted by Crippen LogP contribution is 2.58. The van der Waals surface area contributed by atoms with Crippen LogP contribution < -0.4 is 5.32 Å². The second-order valence-corrected chi connectivity index (χ2v) is 13.4. The third kappa shape index (κ3) is 4.61. The molecule has 1 aromatic heterocycles. The van der Waals surface area contributed by atoms with Gasteiger partial charge in [-0.2, -0.15) is 5.26 Å². The molecule has 0 radical (unpaired) electrons. The Morgan fingerprint density at radius 3 is 2.38 bits per heavy atom. The number of aromatic nitrogens is 2. The first-order chi connectivity index (χ1) is 18.3. The Bertz CT molecular complexity index is 1370. The number of ether oxygens (including phenoxy) is 3. The molecular weight excluding hydrogens is 492 g/mol. The average molecular weight is 531 g/mol. The summed E-state index contributed by atoms with van der Waals surface area (Å²) in [6.07, 6.45) is 8.26. The summed E-state index contributed by atoms with van der Waals surface area (Å²) < 4.78 is 19.4. The highest BCUT2D eigenvalue weighted by Gasteiger charge is 2.68. The summed E-state index contributed by atoms with van der Waals surface area (Å²) in [7, 11) is 0. The molecule has 2 N–H and O–H groups in total. The molecule has 4 heterocycles. The van der Waals surface area contributed by atoms with E-state index in [1.54, 1.807) is 0 Å². The van der Waals surface area contributed by atoms with Crippen LogP contribution >= 0.6 is 0 Å². The summed E-state index contributed by atoms with van der Waals surface area (Å²) in [6, 6.07) is 8.35. The number of nitriles is 1. The predicted molar refractivity (Wildman–Crippen MR) is 147 cm³/mol. The van der Waals surface area contributed by atoms with Gasteiger partial charge in [0.05, 0.1) is 11.2 Å². The molecule has 206 valence electrons. The number of carbonyl (C=O) groups is 1. The van der Waals surface area contributed by atoms with E-state index in [4.69, 9.17) is 19.5 Å². The predicted octanol–water partition coefficient (Wildman–Crippen LogP) is 6.07. The molecule has 3 saturated heterocycles. The summed E-state index contributed by atoms with van der Waals surface area (Å²) in [5.74, 6) is -0.583. The molecule has 39 heavy (non-hydrogen) atoms. The summed E-state index contributed by atoms with van der Waals surface area (Å²) in [6.45, 7) is 12.9. The summed E-state index contributed by atoms with van der Waals surface area (Å²) in [5, 5.41) is 12.1. The Kier molecular flexibility index (Phi) is 5.89. The van der Waals surface area contributed by atoms with Gasteiger partial charge in [0.1, 0.15) is 18.3 Å². The summed E-state index contributed by atoms with van der Waals surface area (Å²) in [4.78, 5) is 19.9. The van der Waals surface area contributed by atoms with Crippen molar-refractivity contribution < 1.29 is 19.0 Å². The number of imidazole rings is 1. The van der Waals surface area contributed by atoms with Crippen LogP contribution in [0.4, 0.5) is 5.69 Å². The molecule has 1 amide bonds. The van der Waals surface area contributed by atoms with E-state index < -0.39 is 17.0 Å².